The quantitative estimate of drug-likeness (QED) is 0.521. The summed E-state index contributed by atoms with van der Waals surface area (Å²) in [6.07, 6.45) is 8.79. The average molecular weight is 439 g/mol. The SMILES string of the molecule is O=C([C@H]1CCc2c(sc3ncnc(Nc4cc5ccnn5cc4Cl)c23)C1)N1CCC1. The molecule has 0 unspecified atom stereocenters. The van der Waals surface area contributed by atoms with Gasteiger partial charge in [-0.1, -0.05) is 11.6 Å². The van der Waals surface area contributed by atoms with Crippen LogP contribution < -0.4 is 5.32 Å². The zero-order valence-corrected chi connectivity index (χ0v) is 17.7. The number of hydrogen-bond acceptors (Lipinski definition) is 6. The second-order valence-electron chi connectivity index (χ2n) is 7.89. The third-order valence-corrected chi connectivity index (χ3v) is 7.56. The van der Waals surface area contributed by atoms with E-state index in [0.29, 0.717) is 10.9 Å². The third-order valence-electron chi connectivity index (χ3n) is 6.10. The van der Waals surface area contributed by atoms with Gasteiger partial charge < -0.3 is 10.2 Å². The summed E-state index contributed by atoms with van der Waals surface area (Å²) in [6, 6.07) is 3.89. The largest absolute Gasteiger partial charge is 0.342 e. The number of amides is 1. The Labute approximate surface area is 181 Å². The molecular formula is C21H19ClN6OS. The Hall–Kier alpha value is -2.71. The third kappa shape index (κ3) is 2.86. The molecule has 0 radical (unpaired) electrons. The predicted octanol–water partition coefficient (Wildman–Crippen LogP) is 4.07. The lowest BCUT2D eigenvalue weighted by molar-refractivity contribution is -0.139. The van der Waals surface area contributed by atoms with Gasteiger partial charge in [-0.2, -0.15) is 5.10 Å². The number of anilines is 2. The average Bonchev–Trinajstić information content (AvgIpc) is 3.30. The summed E-state index contributed by atoms with van der Waals surface area (Å²) in [5, 5.41) is 9.26. The smallest absolute Gasteiger partial charge is 0.226 e. The van der Waals surface area contributed by atoms with Crippen LogP contribution in [0.25, 0.3) is 15.7 Å². The molecule has 1 N–H and O–H groups in total. The second-order valence-corrected chi connectivity index (χ2v) is 9.38. The number of nitrogens with zero attached hydrogens (tertiary/aromatic N) is 5. The predicted molar refractivity (Wildman–Crippen MR) is 118 cm³/mol. The van der Waals surface area contributed by atoms with Crippen LogP contribution >= 0.6 is 22.9 Å². The van der Waals surface area contributed by atoms with E-state index in [1.165, 1.54) is 10.4 Å². The van der Waals surface area contributed by atoms with Crippen LogP contribution in [0.5, 0.6) is 0 Å². The van der Waals surface area contributed by atoms with Crippen molar-refractivity contribution < 1.29 is 4.79 Å². The van der Waals surface area contributed by atoms with E-state index < -0.39 is 0 Å². The molecule has 0 bridgehead atoms. The molecule has 1 amide bonds. The van der Waals surface area contributed by atoms with E-state index in [0.717, 1.165) is 66.0 Å². The number of hydrogen-bond donors (Lipinski definition) is 1. The molecular weight excluding hydrogens is 420 g/mol. The van der Waals surface area contributed by atoms with Gasteiger partial charge in [-0.05, 0) is 43.4 Å². The summed E-state index contributed by atoms with van der Waals surface area (Å²) in [7, 11) is 0. The monoisotopic (exact) mass is 438 g/mol. The number of pyridine rings is 1. The van der Waals surface area contributed by atoms with Gasteiger partial charge in [0.1, 0.15) is 17.0 Å². The maximum absolute atomic E-state index is 12.7. The standard InChI is InChI=1S/C21H19ClN6OS/c22-15-10-28-13(4-5-25-28)9-16(15)26-19-18-14-3-2-12(21(29)27-6-1-7-27)8-17(14)30-20(18)24-11-23-19/h4-5,9-12H,1-3,6-8H2,(H,23,24,26)/t12-/m0/s1. The number of likely N-dealkylation sites (tertiary alicyclic amines) is 1. The highest BCUT2D eigenvalue weighted by Gasteiger charge is 2.33. The van der Waals surface area contributed by atoms with Gasteiger partial charge in [-0.15, -0.1) is 11.3 Å². The molecule has 4 aromatic heterocycles. The van der Waals surface area contributed by atoms with Crippen LogP contribution in [-0.4, -0.2) is 43.5 Å². The number of carbonyl (C=O) groups excluding carboxylic acids is 1. The van der Waals surface area contributed by atoms with Crippen molar-refractivity contribution in [2.24, 2.45) is 5.92 Å². The van der Waals surface area contributed by atoms with Gasteiger partial charge in [-0.25, -0.2) is 14.5 Å². The van der Waals surface area contributed by atoms with Gasteiger partial charge in [0.15, 0.2) is 0 Å². The van der Waals surface area contributed by atoms with Crippen LogP contribution in [0.4, 0.5) is 11.5 Å². The van der Waals surface area contributed by atoms with Crippen molar-refractivity contribution in [1.29, 1.82) is 0 Å². The van der Waals surface area contributed by atoms with Crippen LogP contribution in [-0.2, 0) is 17.6 Å². The minimum Gasteiger partial charge on any atom is -0.342 e. The summed E-state index contributed by atoms with van der Waals surface area (Å²) in [5.74, 6) is 1.17. The normalized spacial score (nSPS) is 18.4. The van der Waals surface area contributed by atoms with Crippen LogP contribution in [0.15, 0.2) is 30.9 Å². The molecule has 7 nitrogen and oxygen atoms in total. The van der Waals surface area contributed by atoms with Crippen molar-refractivity contribution in [2.75, 3.05) is 18.4 Å². The molecule has 6 rings (SSSR count). The first-order valence-corrected chi connectivity index (χ1v) is 11.3. The summed E-state index contributed by atoms with van der Waals surface area (Å²) in [5.41, 5.74) is 3.01. The Morgan fingerprint density at radius 3 is 3.03 bits per heavy atom. The summed E-state index contributed by atoms with van der Waals surface area (Å²) < 4.78 is 1.74. The van der Waals surface area contributed by atoms with E-state index in [9.17, 15) is 4.79 Å². The molecule has 1 aliphatic heterocycles. The molecule has 0 spiro atoms. The van der Waals surface area contributed by atoms with E-state index in [4.69, 9.17) is 11.6 Å². The molecule has 9 heteroatoms. The summed E-state index contributed by atoms with van der Waals surface area (Å²) in [6.45, 7) is 1.83. The second kappa shape index (κ2) is 6.92. The van der Waals surface area contributed by atoms with Gasteiger partial charge in [0, 0.05) is 36.3 Å². The van der Waals surface area contributed by atoms with Crippen molar-refractivity contribution in [1.82, 2.24) is 24.5 Å². The van der Waals surface area contributed by atoms with E-state index in [1.54, 1.807) is 34.6 Å². The number of nitrogens with one attached hydrogen (secondary N) is 1. The highest BCUT2D eigenvalue weighted by molar-refractivity contribution is 7.19. The molecule has 1 atom stereocenters. The topological polar surface area (TPSA) is 75.4 Å². The maximum atomic E-state index is 12.7. The Balaban J connectivity index is 1.36. The first-order chi connectivity index (χ1) is 14.7. The van der Waals surface area contributed by atoms with Crippen LogP contribution in [0.1, 0.15) is 23.3 Å². The fourth-order valence-electron chi connectivity index (χ4n) is 4.37. The Bertz CT molecular complexity index is 1290. The lowest BCUT2D eigenvalue weighted by Crippen LogP contribution is -2.46. The molecule has 1 fully saturated rings. The lowest BCUT2D eigenvalue weighted by Gasteiger charge is -2.35. The van der Waals surface area contributed by atoms with E-state index in [2.05, 4.69) is 20.4 Å². The summed E-state index contributed by atoms with van der Waals surface area (Å²) >= 11 is 8.16. The van der Waals surface area contributed by atoms with E-state index >= 15 is 0 Å². The maximum Gasteiger partial charge on any atom is 0.226 e. The number of aryl methyl sites for hydroxylation is 1. The van der Waals surface area contributed by atoms with Crippen LogP contribution in [0.3, 0.4) is 0 Å². The van der Waals surface area contributed by atoms with Crippen molar-refractivity contribution in [2.45, 2.75) is 25.7 Å². The van der Waals surface area contributed by atoms with Gasteiger partial charge in [-0.3, -0.25) is 4.79 Å². The number of thiophene rings is 1. The van der Waals surface area contributed by atoms with Gasteiger partial charge in [0.25, 0.3) is 0 Å². The highest BCUT2D eigenvalue weighted by atomic mass is 35.5. The van der Waals surface area contributed by atoms with Crippen LogP contribution in [0.2, 0.25) is 5.02 Å². The number of halogens is 1. The molecule has 5 heterocycles. The number of rotatable bonds is 3. The zero-order valence-electron chi connectivity index (χ0n) is 16.1. The fourth-order valence-corrected chi connectivity index (χ4v) is 5.84. The number of fused-ring (bicyclic) bond motifs is 4. The molecule has 1 aliphatic carbocycles. The van der Waals surface area contributed by atoms with Crippen molar-refractivity contribution in [3.05, 3.63) is 46.3 Å². The molecule has 152 valence electrons. The molecule has 4 aromatic rings. The van der Waals surface area contributed by atoms with Gasteiger partial charge >= 0.3 is 0 Å². The minimum absolute atomic E-state index is 0.0916. The van der Waals surface area contributed by atoms with Gasteiger partial charge in [0.2, 0.25) is 5.91 Å². The number of aromatic nitrogens is 4. The molecule has 1 saturated heterocycles. The van der Waals surface area contributed by atoms with Crippen molar-refractivity contribution >= 4 is 56.1 Å². The summed E-state index contributed by atoms with van der Waals surface area (Å²) in [4.78, 5) is 25.9. The zero-order chi connectivity index (χ0) is 20.2. The Morgan fingerprint density at radius 2 is 2.20 bits per heavy atom. The van der Waals surface area contributed by atoms with E-state index in [1.807, 2.05) is 17.0 Å². The Kier molecular flexibility index (Phi) is 4.17. The molecule has 0 saturated carbocycles. The van der Waals surface area contributed by atoms with Crippen LogP contribution in [0, 0.1) is 5.92 Å². The first-order valence-electron chi connectivity index (χ1n) is 10.1. The first kappa shape index (κ1) is 18.1. The molecule has 2 aliphatic rings. The molecule has 30 heavy (non-hydrogen) atoms. The van der Waals surface area contributed by atoms with Crippen molar-refractivity contribution in [3.63, 3.8) is 0 Å². The molecule has 0 aromatic carbocycles. The number of carbonyl (C=O) groups is 1. The highest BCUT2D eigenvalue weighted by Crippen LogP contribution is 2.41. The Morgan fingerprint density at radius 1 is 1.30 bits per heavy atom. The van der Waals surface area contributed by atoms with Gasteiger partial charge in [0.05, 0.1) is 21.6 Å². The fraction of sp³-hybridized carbons (Fsp3) is 0.333. The minimum atomic E-state index is 0.0916. The van der Waals surface area contributed by atoms with Crippen molar-refractivity contribution in [3.8, 4) is 0 Å². The van der Waals surface area contributed by atoms with E-state index in [-0.39, 0.29) is 5.92 Å². The lowest BCUT2D eigenvalue weighted by atomic mass is 9.86.